The molecule has 7 nitrogen and oxygen atoms in total. The molecule has 108 valence electrons. The van der Waals surface area contributed by atoms with Gasteiger partial charge in [-0.1, -0.05) is 17.2 Å². The first-order chi connectivity index (χ1) is 9.72. The van der Waals surface area contributed by atoms with Gasteiger partial charge < -0.3 is 19.8 Å². The lowest BCUT2D eigenvalue weighted by atomic mass is 10.0. The molecule has 7 heteroatoms. The van der Waals surface area contributed by atoms with E-state index >= 15 is 0 Å². The molecule has 1 heterocycles. The van der Waals surface area contributed by atoms with Crippen LogP contribution in [-0.4, -0.2) is 49.2 Å². The number of azide groups is 1. The smallest absolute Gasteiger partial charge is 0.105 e. The van der Waals surface area contributed by atoms with Crippen molar-refractivity contribution in [2.45, 2.75) is 12.2 Å². The van der Waals surface area contributed by atoms with Crippen LogP contribution < -0.4 is 4.90 Å². The van der Waals surface area contributed by atoms with E-state index in [9.17, 15) is 10.2 Å². The number of aliphatic hydroxyl groups is 2. The van der Waals surface area contributed by atoms with Gasteiger partial charge in [0.2, 0.25) is 0 Å². The van der Waals surface area contributed by atoms with E-state index < -0.39 is 12.2 Å². The lowest BCUT2D eigenvalue weighted by Gasteiger charge is -2.29. The van der Waals surface area contributed by atoms with Gasteiger partial charge in [-0.25, -0.2) is 0 Å². The summed E-state index contributed by atoms with van der Waals surface area (Å²) < 4.78 is 5.30. The lowest BCUT2D eigenvalue weighted by molar-refractivity contribution is 0.0244. The number of hydrogen-bond acceptors (Lipinski definition) is 5. The first kappa shape index (κ1) is 14.6. The molecular formula is C13H18N4O3. The molecule has 2 unspecified atom stereocenters. The fraction of sp³-hybridized carbons (Fsp3) is 0.538. The van der Waals surface area contributed by atoms with Crippen molar-refractivity contribution in [2.75, 3.05) is 37.7 Å². The van der Waals surface area contributed by atoms with Crippen molar-refractivity contribution < 1.29 is 14.9 Å². The Hall–Kier alpha value is -1.79. The van der Waals surface area contributed by atoms with Crippen LogP contribution in [0.1, 0.15) is 11.7 Å². The number of hydrogen-bond donors (Lipinski definition) is 2. The molecule has 2 atom stereocenters. The summed E-state index contributed by atoms with van der Waals surface area (Å²) in [6.45, 7) is 2.83. The maximum absolute atomic E-state index is 10.1. The zero-order chi connectivity index (χ0) is 14.4. The number of rotatable bonds is 5. The molecule has 0 radical (unpaired) electrons. The molecule has 1 aliphatic heterocycles. The summed E-state index contributed by atoms with van der Waals surface area (Å²) in [5, 5.41) is 23.1. The molecule has 0 aliphatic carbocycles. The number of anilines is 1. The van der Waals surface area contributed by atoms with Crippen LogP contribution in [0.25, 0.3) is 10.4 Å². The van der Waals surface area contributed by atoms with Crippen LogP contribution in [0.3, 0.4) is 0 Å². The quantitative estimate of drug-likeness (QED) is 0.480. The molecule has 0 amide bonds. The molecule has 0 bridgehead atoms. The third-order valence-corrected chi connectivity index (χ3v) is 3.28. The monoisotopic (exact) mass is 278 g/mol. The predicted octanol–water partition coefficient (Wildman–Crippen LogP) is 1.23. The van der Waals surface area contributed by atoms with E-state index in [0.717, 1.165) is 18.8 Å². The van der Waals surface area contributed by atoms with E-state index in [0.29, 0.717) is 18.8 Å². The van der Waals surface area contributed by atoms with Crippen molar-refractivity contribution in [3.05, 3.63) is 40.3 Å². The standard InChI is InChI=1S/C13H18N4O3/c14-16-15-9-12(18)13(19)10-2-1-3-11(8-10)17-4-6-20-7-5-17/h1-3,8,12-13,18-19H,4-7,9H2. The zero-order valence-corrected chi connectivity index (χ0v) is 11.1. The summed E-state index contributed by atoms with van der Waals surface area (Å²) in [6.07, 6.45) is -2.17. The highest BCUT2D eigenvalue weighted by Gasteiger charge is 2.19. The minimum Gasteiger partial charge on any atom is -0.390 e. The Bertz CT molecular complexity index is 484. The highest BCUT2D eigenvalue weighted by atomic mass is 16.5. The van der Waals surface area contributed by atoms with E-state index in [4.69, 9.17) is 10.3 Å². The van der Waals surface area contributed by atoms with Crippen LogP contribution >= 0.6 is 0 Å². The molecule has 2 rings (SSSR count). The third kappa shape index (κ3) is 3.61. The van der Waals surface area contributed by atoms with Crippen molar-refractivity contribution in [2.24, 2.45) is 5.11 Å². The predicted molar refractivity (Wildman–Crippen MR) is 74.5 cm³/mol. The summed E-state index contributed by atoms with van der Waals surface area (Å²) in [5.41, 5.74) is 9.82. The number of morpholine rings is 1. The van der Waals surface area contributed by atoms with Crippen LogP contribution in [-0.2, 0) is 4.74 Å². The molecule has 1 saturated heterocycles. The first-order valence-corrected chi connectivity index (χ1v) is 6.52. The van der Waals surface area contributed by atoms with Crippen molar-refractivity contribution in [1.82, 2.24) is 0 Å². The van der Waals surface area contributed by atoms with E-state index in [1.54, 1.807) is 6.07 Å². The summed E-state index contributed by atoms with van der Waals surface area (Å²) >= 11 is 0. The minimum absolute atomic E-state index is 0.153. The van der Waals surface area contributed by atoms with Gasteiger partial charge in [-0.05, 0) is 23.2 Å². The average molecular weight is 278 g/mol. The molecule has 20 heavy (non-hydrogen) atoms. The molecule has 1 fully saturated rings. The number of ether oxygens (including phenoxy) is 1. The molecule has 0 spiro atoms. The molecule has 2 N–H and O–H groups in total. The molecule has 1 aliphatic rings. The van der Waals surface area contributed by atoms with Gasteiger partial charge in [0.15, 0.2) is 0 Å². The molecular weight excluding hydrogens is 260 g/mol. The lowest BCUT2D eigenvalue weighted by Crippen LogP contribution is -2.36. The summed E-state index contributed by atoms with van der Waals surface area (Å²) in [4.78, 5) is 4.74. The second-order valence-corrected chi connectivity index (χ2v) is 4.62. The molecule has 1 aromatic rings. The van der Waals surface area contributed by atoms with Gasteiger partial charge >= 0.3 is 0 Å². The summed E-state index contributed by atoms with van der Waals surface area (Å²) in [7, 11) is 0. The average Bonchev–Trinajstić information content (AvgIpc) is 2.53. The number of benzene rings is 1. The third-order valence-electron chi connectivity index (χ3n) is 3.28. The number of aliphatic hydroxyl groups excluding tert-OH is 2. The van der Waals surface area contributed by atoms with Gasteiger partial charge in [-0.2, -0.15) is 0 Å². The maximum Gasteiger partial charge on any atom is 0.105 e. The molecule has 0 aromatic heterocycles. The van der Waals surface area contributed by atoms with Crippen LogP contribution in [0, 0.1) is 0 Å². The summed E-state index contributed by atoms with van der Waals surface area (Å²) in [6, 6.07) is 7.38. The largest absolute Gasteiger partial charge is 0.390 e. The van der Waals surface area contributed by atoms with Crippen molar-refractivity contribution in [3.63, 3.8) is 0 Å². The van der Waals surface area contributed by atoms with Crippen LogP contribution in [0.4, 0.5) is 5.69 Å². The topological polar surface area (TPSA) is 102 Å². The van der Waals surface area contributed by atoms with Crippen LogP contribution in [0.15, 0.2) is 29.4 Å². The fourth-order valence-electron chi connectivity index (χ4n) is 2.17. The highest BCUT2D eigenvalue weighted by Crippen LogP contribution is 2.23. The fourth-order valence-corrected chi connectivity index (χ4v) is 2.17. The van der Waals surface area contributed by atoms with Gasteiger partial charge in [0.05, 0.1) is 25.9 Å². The number of nitrogens with zero attached hydrogens (tertiary/aromatic N) is 4. The Morgan fingerprint density at radius 3 is 2.80 bits per heavy atom. The van der Waals surface area contributed by atoms with E-state index in [1.807, 2.05) is 18.2 Å². The van der Waals surface area contributed by atoms with E-state index in [1.165, 1.54) is 0 Å². The zero-order valence-electron chi connectivity index (χ0n) is 11.1. The van der Waals surface area contributed by atoms with Crippen LogP contribution in [0.5, 0.6) is 0 Å². The Balaban J connectivity index is 2.09. The maximum atomic E-state index is 10.1. The van der Waals surface area contributed by atoms with Gasteiger partial charge in [-0.15, -0.1) is 0 Å². The Labute approximate surface area is 117 Å². The molecule has 1 aromatic carbocycles. The Kier molecular flexibility index (Phi) is 5.20. The second-order valence-electron chi connectivity index (χ2n) is 4.62. The van der Waals surface area contributed by atoms with E-state index in [2.05, 4.69) is 14.9 Å². The minimum atomic E-state index is -1.11. The second kappa shape index (κ2) is 7.12. The van der Waals surface area contributed by atoms with Crippen molar-refractivity contribution >= 4 is 5.69 Å². The van der Waals surface area contributed by atoms with Crippen LogP contribution in [0.2, 0.25) is 0 Å². The van der Waals surface area contributed by atoms with Gasteiger partial charge in [-0.3, -0.25) is 0 Å². The SMILES string of the molecule is [N-]=[N+]=NCC(O)C(O)c1cccc(N2CCOCC2)c1. The highest BCUT2D eigenvalue weighted by molar-refractivity contribution is 5.49. The van der Waals surface area contributed by atoms with Crippen molar-refractivity contribution in [3.8, 4) is 0 Å². The summed E-state index contributed by atoms with van der Waals surface area (Å²) in [5.74, 6) is 0. The van der Waals surface area contributed by atoms with Gasteiger partial charge in [0, 0.05) is 23.7 Å². The van der Waals surface area contributed by atoms with Crippen molar-refractivity contribution in [1.29, 1.82) is 0 Å². The van der Waals surface area contributed by atoms with Gasteiger partial charge in [0.25, 0.3) is 0 Å². The first-order valence-electron chi connectivity index (χ1n) is 6.52. The molecule has 0 saturated carbocycles. The Morgan fingerprint density at radius 1 is 1.35 bits per heavy atom. The Morgan fingerprint density at radius 2 is 2.10 bits per heavy atom. The van der Waals surface area contributed by atoms with Gasteiger partial charge in [0.1, 0.15) is 6.10 Å². The normalized spacial score (nSPS) is 18.2. The van der Waals surface area contributed by atoms with E-state index in [-0.39, 0.29) is 6.54 Å².